The molecular weight excluding hydrogens is 370 g/mol. The van der Waals surface area contributed by atoms with E-state index in [1.807, 2.05) is 31.2 Å². The quantitative estimate of drug-likeness (QED) is 0.744. The molecule has 0 radical (unpaired) electrons. The number of halogens is 1. The second-order valence-corrected chi connectivity index (χ2v) is 8.00. The van der Waals surface area contributed by atoms with Gasteiger partial charge in [-0.2, -0.15) is 5.10 Å². The van der Waals surface area contributed by atoms with Crippen molar-refractivity contribution in [1.29, 1.82) is 0 Å². The third-order valence-electron chi connectivity index (χ3n) is 4.36. The molecule has 132 valence electrons. The molecule has 0 fully saturated rings. The zero-order valence-electron chi connectivity index (χ0n) is 14.0. The van der Waals surface area contributed by atoms with Gasteiger partial charge in [-0.15, -0.1) is 0 Å². The van der Waals surface area contributed by atoms with Gasteiger partial charge < -0.3 is 5.32 Å². The van der Waals surface area contributed by atoms with E-state index in [0.717, 1.165) is 22.5 Å². The van der Waals surface area contributed by atoms with Crippen LogP contribution in [0.1, 0.15) is 27.2 Å². The predicted octanol–water partition coefficient (Wildman–Crippen LogP) is 3.85. The first-order chi connectivity index (χ1) is 12.5. The van der Waals surface area contributed by atoms with Crippen LogP contribution in [0.3, 0.4) is 0 Å². The smallest absolute Gasteiger partial charge is 0.258 e. The predicted molar refractivity (Wildman–Crippen MR) is 103 cm³/mol. The number of carbonyl (C=O) groups is 1. The number of para-hydroxylation sites is 1. The molecule has 0 bridgehead atoms. The first-order valence-corrected chi connectivity index (χ1v) is 9.99. The number of hydrogen-bond acceptors (Lipinski definition) is 3. The Bertz CT molecular complexity index is 1050. The maximum absolute atomic E-state index is 12.8. The number of amides is 1. The molecule has 1 aliphatic heterocycles. The van der Waals surface area contributed by atoms with Crippen molar-refractivity contribution in [3.63, 3.8) is 0 Å². The lowest BCUT2D eigenvalue weighted by molar-refractivity contribution is 0.102. The molecule has 1 aromatic heterocycles. The van der Waals surface area contributed by atoms with Crippen LogP contribution in [-0.4, -0.2) is 19.9 Å². The van der Waals surface area contributed by atoms with E-state index in [1.54, 1.807) is 28.9 Å². The summed E-state index contributed by atoms with van der Waals surface area (Å²) < 4.78 is 13.7. The van der Waals surface area contributed by atoms with Crippen LogP contribution in [0.5, 0.6) is 0 Å². The lowest BCUT2D eigenvalue weighted by Crippen LogP contribution is -2.17. The van der Waals surface area contributed by atoms with Crippen molar-refractivity contribution in [3.8, 4) is 5.69 Å². The van der Waals surface area contributed by atoms with Gasteiger partial charge in [-0.25, -0.2) is 4.68 Å². The minimum absolute atomic E-state index is 0.314. The van der Waals surface area contributed by atoms with E-state index in [1.165, 1.54) is 0 Å². The minimum Gasteiger partial charge on any atom is -0.306 e. The number of nitrogens with zero attached hydrogens (tertiary/aromatic N) is 2. The maximum atomic E-state index is 12.8. The first kappa shape index (κ1) is 17.0. The van der Waals surface area contributed by atoms with Crippen molar-refractivity contribution in [2.75, 3.05) is 5.32 Å². The van der Waals surface area contributed by atoms with Gasteiger partial charge in [-0.05, 0) is 30.7 Å². The first-order valence-electron chi connectivity index (χ1n) is 8.12. The van der Waals surface area contributed by atoms with Crippen LogP contribution in [0, 0.1) is 6.92 Å². The largest absolute Gasteiger partial charge is 0.306 e. The topological polar surface area (TPSA) is 64.0 Å². The Labute approximate surface area is 158 Å². The third kappa shape index (κ3) is 2.95. The summed E-state index contributed by atoms with van der Waals surface area (Å²) in [5.41, 5.74) is 3.89. The number of fused-ring (bicyclic) bond motifs is 1. The van der Waals surface area contributed by atoms with Crippen molar-refractivity contribution in [1.82, 2.24) is 9.78 Å². The van der Waals surface area contributed by atoms with E-state index in [0.29, 0.717) is 27.9 Å². The van der Waals surface area contributed by atoms with Gasteiger partial charge in [0.2, 0.25) is 0 Å². The number of benzene rings is 2. The van der Waals surface area contributed by atoms with Crippen molar-refractivity contribution in [2.24, 2.45) is 0 Å². The molecular formula is C19H16ClN3O2S. The van der Waals surface area contributed by atoms with Crippen LogP contribution in [0.2, 0.25) is 5.02 Å². The van der Waals surface area contributed by atoms with E-state index in [-0.39, 0.29) is 5.91 Å². The zero-order chi connectivity index (χ0) is 18.3. The van der Waals surface area contributed by atoms with Crippen LogP contribution < -0.4 is 5.32 Å². The highest BCUT2D eigenvalue weighted by molar-refractivity contribution is 7.83. The molecule has 26 heavy (non-hydrogen) atoms. The molecule has 0 spiro atoms. The molecule has 2 aromatic carbocycles. The second-order valence-electron chi connectivity index (χ2n) is 6.13. The van der Waals surface area contributed by atoms with Gasteiger partial charge in [-0.3, -0.25) is 9.00 Å². The van der Waals surface area contributed by atoms with Crippen molar-refractivity contribution in [3.05, 3.63) is 75.9 Å². The summed E-state index contributed by atoms with van der Waals surface area (Å²) in [4.78, 5) is 12.8. The molecule has 0 saturated heterocycles. The van der Waals surface area contributed by atoms with Gasteiger partial charge in [0.25, 0.3) is 5.91 Å². The third-order valence-corrected chi connectivity index (χ3v) is 5.90. The molecule has 0 aliphatic carbocycles. The number of rotatable bonds is 3. The number of aryl methyl sites for hydroxylation is 1. The van der Waals surface area contributed by atoms with E-state index < -0.39 is 10.8 Å². The maximum Gasteiger partial charge on any atom is 0.258 e. The molecule has 7 heteroatoms. The van der Waals surface area contributed by atoms with Gasteiger partial charge in [0.15, 0.2) is 0 Å². The molecule has 1 N–H and O–H groups in total. The van der Waals surface area contributed by atoms with Crippen LogP contribution in [0.4, 0.5) is 5.82 Å². The number of aromatic nitrogens is 2. The molecule has 1 aliphatic rings. The normalized spacial score (nSPS) is 15.7. The average molecular weight is 386 g/mol. The van der Waals surface area contributed by atoms with Crippen LogP contribution in [-0.2, 0) is 22.3 Å². The van der Waals surface area contributed by atoms with E-state index >= 15 is 0 Å². The van der Waals surface area contributed by atoms with Gasteiger partial charge in [0, 0.05) is 16.4 Å². The SMILES string of the molecule is Cc1ccccc1-n1nc2c(c1NC(=O)c1ccccc1Cl)CS(=O)C2. The second kappa shape index (κ2) is 6.70. The lowest BCUT2D eigenvalue weighted by Gasteiger charge is -2.13. The standard InChI is InChI=1S/C19H16ClN3O2S/c1-12-6-2-5-9-17(12)23-18(14-10-26(25)11-16(14)22-23)21-19(24)13-7-3-4-8-15(13)20/h2-9H,10-11H2,1H3,(H,21,24). The van der Waals surface area contributed by atoms with Gasteiger partial charge in [0.1, 0.15) is 5.82 Å². The average Bonchev–Trinajstić information content (AvgIpc) is 3.13. The Balaban J connectivity index is 1.80. The molecule has 5 nitrogen and oxygen atoms in total. The van der Waals surface area contributed by atoms with E-state index in [4.69, 9.17) is 11.6 Å². The Kier molecular flexibility index (Phi) is 4.38. The number of hydrogen-bond donors (Lipinski definition) is 1. The molecule has 1 amide bonds. The summed E-state index contributed by atoms with van der Waals surface area (Å²) >= 11 is 6.15. The van der Waals surface area contributed by atoms with Crippen LogP contribution >= 0.6 is 11.6 Å². The summed E-state index contributed by atoms with van der Waals surface area (Å²) in [7, 11) is -0.985. The molecule has 3 aromatic rings. The summed E-state index contributed by atoms with van der Waals surface area (Å²) in [5.74, 6) is 1.04. The van der Waals surface area contributed by atoms with E-state index in [2.05, 4.69) is 10.4 Å². The molecule has 1 unspecified atom stereocenters. The fraction of sp³-hybridized carbons (Fsp3) is 0.158. The van der Waals surface area contributed by atoms with Crippen molar-refractivity contribution >= 4 is 34.1 Å². The van der Waals surface area contributed by atoms with E-state index in [9.17, 15) is 9.00 Å². The Hall–Kier alpha value is -2.44. The summed E-state index contributed by atoms with van der Waals surface area (Å²) in [6, 6.07) is 14.7. The fourth-order valence-electron chi connectivity index (χ4n) is 3.05. The lowest BCUT2D eigenvalue weighted by atomic mass is 10.2. The minimum atomic E-state index is -0.985. The highest BCUT2D eigenvalue weighted by atomic mass is 35.5. The Morgan fingerprint density at radius 1 is 1.15 bits per heavy atom. The van der Waals surface area contributed by atoms with Gasteiger partial charge in [-0.1, -0.05) is 41.9 Å². The molecule has 0 saturated carbocycles. The summed E-state index contributed by atoms with van der Waals surface area (Å²) in [6.45, 7) is 1.99. The highest BCUT2D eigenvalue weighted by Gasteiger charge is 2.29. The van der Waals surface area contributed by atoms with Crippen LogP contribution in [0.15, 0.2) is 48.5 Å². The van der Waals surface area contributed by atoms with Gasteiger partial charge >= 0.3 is 0 Å². The fourth-order valence-corrected chi connectivity index (χ4v) is 4.54. The molecule has 4 rings (SSSR count). The Morgan fingerprint density at radius 2 is 1.88 bits per heavy atom. The highest BCUT2D eigenvalue weighted by Crippen LogP contribution is 2.32. The number of nitrogens with one attached hydrogen (secondary N) is 1. The van der Waals surface area contributed by atoms with Gasteiger partial charge in [0.05, 0.1) is 33.5 Å². The van der Waals surface area contributed by atoms with Crippen LogP contribution in [0.25, 0.3) is 5.69 Å². The zero-order valence-corrected chi connectivity index (χ0v) is 15.6. The summed E-state index contributed by atoms with van der Waals surface area (Å²) in [6.07, 6.45) is 0. The Morgan fingerprint density at radius 3 is 2.65 bits per heavy atom. The monoisotopic (exact) mass is 385 g/mol. The molecule has 2 heterocycles. The van der Waals surface area contributed by atoms with Crippen molar-refractivity contribution < 1.29 is 9.00 Å². The number of carbonyl (C=O) groups excluding carboxylic acids is 1. The molecule has 1 atom stereocenters. The summed E-state index contributed by atoms with van der Waals surface area (Å²) in [5, 5.41) is 7.94. The van der Waals surface area contributed by atoms with Crippen molar-refractivity contribution in [2.45, 2.75) is 18.4 Å². The number of anilines is 1.